The summed E-state index contributed by atoms with van der Waals surface area (Å²) in [6.07, 6.45) is 0. The van der Waals surface area contributed by atoms with Crippen molar-refractivity contribution < 1.29 is 5.11 Å². The molecule has 0 saturated carbocycles. The fourth-order valence-corrected chi connectivity index (χ4v) is 2.87. The van der Waals surface area contributed by atoms with E-state index < -0.39 is 13.2 Å². The highest BCUT2D eigenvalue weighted by Crippen LogP contribution is 2.42. The van der Waals surface area contributed by atoms with Crippen molar-refractivity contribution in [2.24, 2.45) is 0 Å². The van der Waals surface area contributed by atoms with Crippen LogP contribution in [0.15, 0.2) is 48.5 Å². The van der Waals surface area contributed by atoms with Gasteiger partial charge < -0.3 is 5.11 Å². The first-order chi connectivity index (χ1) is 10.4. The summed E-state index contributed by atoms with van der Waals surface area (Å²) in [4.78, 5) is 0. The Labute approximate surface area is 165 Å². The zero-order valence-corrected chi connectivity index (χ0v) is 16.4. The van der Waals surface area contributed by atoms with Crippen molar-refractivity contribution in [3.63, 3.8) is 0 Å². The van der Waals surface area contributed by atoms with E-state index in [-0.39, 0.29) is 0 Å². The van der Waals surface area contributed by atoms with E-state index in [0.717, 1.165) is 0 Å². The Morgan fingerprint density at radius 1 is 0.652 bits per heavy atom. The third kappa shape index (κ3) is 4.61. The standard InChI is InChI=1S/C16H12Cl6O/c1-14(23,10-4-2-6-12(8-10)15(17,18)19)11-5-3-7-13(9-11)16(20,21)22/h2-9,23H,1H3. The predicted octanol–water partition coefficient (Wildman–Crippen LogP) is 6.60. The van der Waals surface area contributed by atoms with E-state index in [9.17, 15) is 5.11 Å². The number of aliphatic hydroxyl groups is 1. The topological polar surface area (TPSA) is 20.2 Å². The first-order valence-electron chi connectivity index (χ1n) is 6.50. The summed E-state index contributed by atoms with van der Waals surface area (Å²) in [6, 6.07) is 13.5. The van der Waals surface area contributed by atoms with E-state index in [1.165, 1.54) is 0 Å². The zero-order valence-electron chi connectivity index (χ0n) is 11.8. The van der Waals surface area contributed by atoms with E-state index >= 15 is 0 Å². The summed E-state index contributed by atoms with van der Waals surface area (Å²) in [5.74, 6) is 0. The van der Waals surface area contributed by atoms with Gasteiger partial charge in [0.2, 0.25) is 7.59 Å². The molecule has 0 radical (unpaired) electrons. The van der Waals surface area contributed by atoms with Gasteiger partial charge in [-0.15, -0.1) is 0 Å². The summed E-state index contributed by atoms with van der Waals surface area (Å²) in [7, 11) is 0. The molecule has 0 aromatic heterocycles. The van der Waals surface area contributed by atoms with Crippen LogP contribution in [0.25, 0.3) is 0 Å². The number of hydrogen-bond donors (Lipinski definition) is 1. The lowest BCUT2D eigenvalue weighted by Crippen LogP contribution is -2.24. The summed E-state index contributed by atoms with van der Waals surface area (Å²) >= 11 is 35.5. The Bertz CT molecular complexity index is 641. The second-order valence-corrected chi connectivity index (χ2v) is 9.79. The molecule has 0 aliphatic heterocycles. The molecule has 23 heavy (non-hydrogen) atoms. The Morgan fingerprint density at radius 2 is 0.957 bits per heavy atom. The van der Waals surface area contributed by atoms with Gasteiger partial charge in [0.1, 0.15) is 5.60 Å². The highest BCUT2D eigenvalue weighted by Gasteiger charge is 2.31. The molecule has 0 heterocycles. The minimum absolute atomic E-state index is 0.456. The molecule has 0 amide bonds. The van der Waals surface area contributed by atoms with Gasteiger partial charge in [0.25, 0.3) is 0 Å². The normalized spacial score (nSPS) is 13.2. The fourth-order valence-electron chi connectivity index (χ4n) is 2.16. The number of benzene rings is 2. The van der Waals surface area contributed by atoms with Gasteiger partial charge in [0, 0.05) is 11.1 Å². The molecule has 0 aliphatic carbocycles. The van der Waals surface area contributed by atoms with Gasteiger partial charge in [0.05, 0.1) is 0 Å². The van der Waals surface area contributed by atoms with Crippen molar-refractivity contribution in [3.8, 4) is 0 Å². The maximum absolute atomic E-state index is 11.0. The van der Waals surface area contributed by atoms with Crippen molar-refractivity contribution in [2.45, 2.75) is 20.1 Å². The lowest BCUT2D eigenvalue weighted by molar-refractivity contribution is 0.102. The van der Waals surface area contributed by atoms with Crippen LogP contribution in [0, 0.1) is 0 Å². The lowest BCUT2D eigenvalue weighted by Gasteiger charge is -2.27. The van der Waals surface area contributed by atoms with Gasteiger partial charge >= 0.3 is 0 Å². The van der Waals surface area contributed by atoms with Crippen molar-refractivity contribution in [1.82, 2.24) is 0 Å². The van der Waals surface area contributed by atoms with Gasteiger partial charge in [-0.1, -0.05) is 106 Å². The molecule has 0 atom stereocenters. The van der Waals surface area contributed by atoms with E-state index in [0.29, 0.717) is 22.3 Å². The van der Waals surface area contributed by atoms with Gasteiger partial charge in [0.15, 0.2) is 0 Å². The van der Waals surface area contributed by atoms with Crippen molar-refractivity contribution >= 4 is 69.6 Å². The summed E-state index contributed by atoms with van der Waals surface area (Å²) in [5.41, 5.74) is 0.680. The lowest BCUT2D eigenvalue weighted by atomic mass is 9.87. The first-order valence-corrected chi connectivity index (χ1v) is 8.77. The Hall–Kier alpha value is 0.140. The second kappa shape index (κ2) is 6.80. The minimum Gasteiger partial charge on any atom is -0.381 e. The number of hydrogen-bond acceptors (Lipinski definition) is 1. The van der Waals surface area contributed by atoms with Crippen LogP contribution in [-0.2, 0) is 13.2 Å². The molecule has 0 bridgehead atoms. The SMILES string of the molecule is CC(O)(c1cccc(C(Cl)(Cl)Cl)c1)c1cccc(C(Cl)(Cl)Cl)c1. The van der Waals surface area contributed by atoms with Crippen LogP contribution in [0.3, 0.4) is 0 Å². The minimum atomic E-state index is -1.58. The average Bonchev–Trinajstić information content (AvgIpc) is 2.46. The third-order valence-electron chi connectivity index (χ3n) is 3.50. The molecular formula is C16H12Cl6O. The van der Waals surface area contributed by atoms with Crippen LogP contribution in [0.1, 0.15) is 29.2 Å². The van der Waals surface area contributed by atoms with Crippen molar-refractivity contribution in [2.75, 3.05) is 0 Å². The quantitative estimate of drug-likeness (QED) is 0.530. The maximum atomic E-state index is 11.0. The summed E-state index contributed by atoms with van der Waals surface area (Å²) < 4.78 is -3.16. The van der Waals surface area contributed by atoms with Gasteiger partial charge in [-0.25, -0.2) is 0 Å². The average molecular weight is 433 g/mol. The zero-order chi connectivity index (χ0) is 17.5. The number of alkyl halides is 6. The van der Waals surface area contributed by atoms with E-state index in [4.69, 9.17) is 69.6 Å². The monoisotopic (exact) mass is 430 g/mol. The van der Waals surface area contributed by atoms with Crippen LogP contribution < -0.4 is 0 Å². The van der Waals surface area contributed by atoms with Crippen molar-refractivity contribution in [3.05, 3.63) is 70.8 Å². The predicted molar refractivity (Wildman–Crippen MR) is 100 cm³/mol. The second-order valence-electron chi connectivity index (χ2n) is 5.23. The summed E-state index contributed by atoms with van der Waals surface area (Å²) in [5, 5.41) is 11.0. The largest absolute Gasteiger partial charge is 0.381 e. The fraction of sp³-hybridized carbons (Fsp3) is 0.250. The molecule has 0 saturated heterocycles. The number of halogens is 6. The van der Waals surface area contributed by atoms with Gasteiger partial charge in [-0.05, 0) is 30.2 Å². The van der Waals surface area contributed by atoms with E-state index in [1.54, 1.807) is 55.5 Å². The number of rotatable bonds is 2. The first kappa shape index (κ1) is 19.5. The Morgan fingerprint density at radius 3 is 1.26 bits per heavy atom. The molecule has 2 rings (SSSR count). The highest BCUT2D eigenvalue weighted by atomic mass is 35.6. The Balaban J connectivity index is 2.51. The molecule has 0 spiro atoms. The summed E-state index contributed by atoms with van der Waals surface area (Å²) in [6.45, 7) is 1.63. The van der Waals surface area contributed by atoms with Gasteiger partial charge in [-0.2, -0.15) is 0 Å². The van der Waals surface area contributed by atoms with E-state index in [1.807, 2.05) is 0 Å². The molecule has 7 heteroatoms. The van der Waals surface area contributed by atoms with Crippen LogP contribution >= 0.6 is 69.6 Å². The molecule has 2 aromatic rings. The van der Waals surface area contributed by atoms with Crippen LogP contribution in [0.5, 0.6) is 0 Å². The van der Waals surface area contributed by atoms with Crippen LogP contribution in [-0.4, -0.2) is 5.11 Å². The maximum Gasteiger partial charge on any atom is 0.216 e. The van der Waals surface area contributed by atoms with Crippen LogP contribution in [0.4, 0.5) is 0 Å². The van der Waals surface area contributed by atoms with E-state index in [2.05, 4.69) is 0 Å². The highest BCUT2D eigenvalue weighted by molar-refractivity contribution is 6.67. The molecule has 0 unspecified atom stereocenters. The molecular weight excluding hydrogens is 421 g/mol. The molecule has 1 N–H and O–H groups in total. The molecule has 124 valence electrons. The third-order valence-corrected chi connectivity index (χ3v) is 4.81. The molecule has 0 aliphatic rings. The molecule has 2 aromatic carbocycles. The van der Waals surface area contributed by atoms with Gasteiger partial charge in [-0.3, -0.25) is 0 Å². The van der Waals surface area contributed by atoms with Crippen LogP contribution in [0.2, 0.25) is 0 Å². The smallest absolute Gasteiger partial charge is 0.216 e. The molecule has 0 fully saturated rings. The van der Waals surface area contributed by atoms with Crippen molar-refractivity contribution in [1.29, 1.82) is 0 Å². The Kier molecular flexibility index (Phi) is 5.76. The molecule has 1 nitrogen and oxygen atoms in total.